The average molecular weight is 498 g/mol. The average Bonchev–Trinajstić information content (AvgIpc) is 3.12. The molecule has 5 nitrogen and oxygen atoms in total. The smallest absolute Gasteiger partial charge is 0.411 e. The van der Waals surface area contributed by atoms with Crippen molar-refractivity contribution in [2.75, 3.05) is 26.7 Å². The molecule has 3 aromatic rings. The maximum Gasteiger partial charge on any atom is 0.411 e. The third-order valence-electron chi connectivity index (χ3n) is 7.88. The first-order valence-corrected chi connectivity index (χ1v) is 13.4. The number of nitrogens with one attached hydrogen (secondary N) is 1. The highest BCUT2D eigenvalue weighted by Gasteiger charge is 2.58. The summed E-state index contributed by atoms with van der Waals surface area (Å²) in [5.41, 5.74) is 2.32. The van der Waals surface area contributed by atoms with E-state index < -0.39 is 11.1 Å². The van der Waals surface area contributed by atoms with Crippen LogP contribution in [0.2, 0.25) is 0 Å². The van der Waals surface area contributed by atoms with Crippen molar-refractivity contribution < 1.29 is 9.53 Å². The van der Waals surface area contributed by atoms with Gasteiger partial charge >= 0.3 is 6.09 Å². The zero-order valence-electron chi connectivity index (χ0n) is 22.5. The van der Waals surface area contributed by atoms with E-state index in [1.54, 1.807) is 0 Å². The molecule has 3 aromatic carbocycles. The second-order valence-corrected chi connectivity index (χ2v) is 11.5. The van der Waals surface area contributed by atoms with Crippen LogP contribution in [0.4, 0.5) is 4.79 Å². The largest absolute Gasteiger partial charge is 0.444 e. The van der Waals surface area contributed by atoms with Crippen LogP contribution in [-0.2, 0) is 10.3 Å². The number of ether oxygens (including phenoxy) is 1. The Morgan fingerprint density at radius 2 is 1.38 bits per heavy atom. The molecular weight excluding hydrogens is 458 g/mol. The Morgan fingerprint density at radius 3 is 1.81 bits per heavy atom. The van der Waals surface area contributed by atoms with Gasteiger partial charge < -0.3 is 10.1 Å². The van der Waals surface area contributed by atoms with Crippen molar-refractivity contribution in [3.05, 3.63) is 108 Å². The van der Waals surface area contributed by atoms with E-state index in [0.717, 1.165) is 25.9 Å². The number of benzene rings is 3. The van der Waals surface area contributed by atoms with Crippen molar-refractivity contribution in [1.29, 1.82) is 0 Å². The van der Waals surface area contributed by atoms with Gasteiger partial charge in [0, 0.05) is 25.7 Å². The van der Waals surface area contributed by atoms with Crippen molar-refractivity contribution >= 4 is 6.09 Å². The van der Waals surface area contributed by atoms with E-state index in [1.165, 1.54) is 16.7 Å². The van der Waals surface area contributed by atoms with Gasteiger partial charge in [-0.05, 0) is 57.4 Å². The molecule has 2 aliphatic heterocycles. The number of nitrogens with zero attached hydrogens (tertiary/aromatic N) is 2. The second kappa shape index (κ2) is 9.96. The lowest BCUT2D eigenvalue weighted by Gasteiger charge is -2.55. The normalized spacial score (nSPS) is 22.2. The maximum atomic E-state index is 13.6. The predicted octanol–water partition coefficient (Wildman–Crippen LogP) is 5.65. The molecule has 0 saturated carbocycles. The lowest BCUT2D eigenvalue weighted by Crippen LogP contribution is -2.70. The summed E-state index contributed by atoms with van der Waals surface area (Å²) in [6.07, 6.45) is 1.71. The van der Waals surface area contributed by atoms with E-state index in [1.807, 2.05) is 27.8 Å². The number of hydrogen-bond acceptors (Lipinski definition) is 4. The highest BCUT2D eigenvalue weighted by atomic mass is 16.6. The molecule has 2 fully saturated rings. The van der Waals surface area contributed by atoms with Crippen LogP contribution < -0.4 is 5.32 Å². The van der Waals surface area contributed by atoms with Gasteiger partial charge in [0.15, 0.2) is 0 Å². The summed E-state index contributed by atoms with van der Waals surface area (Å²) in [7, 11) is 1.98. The topological polar surface area (TPSA) is 44.8 Å². The van der Waals surface area contributed by atoms with Crippen molar-refractivity contribution in [2.45, 2.75) is 56.3 Å². The van der Waals surface area contributed by atoms with Gasteiger partial charge in [0.25, 0.3) is 0 Å². The fraction of sp³-hybridized carbons (Fsp3) is 0.406. The number of fused-ring (bicyclic) bond motifs is 2. The first kappa shape index (κ1) is 25.5. The number of carbonyl (C=O) groups is 1. The summed E-state index contributed by atoms with van der Waals surface area (Å²) in [5.74, 6) is 0. The summed E-state index contributed by atoms with van der Waals surface area (Å²) in [5, 5.41) is 3.42. The Kier molecular flexibility index (Phi) is 6.86. The molecule has 5 rings (SSSR count). The lowest BCUT2D eigenvalue weighted by atomic mass is 9.74. The van der Waals surface area contributed by atoms with Crippen molar-refractivity contribution in [3.8, 4) is 0 Å². The third-order valence-corrected chi connectivity index (χ3v) is 7.88. The minimum atomic E-state index is -0.531. The molecule has 2 aliphatic rings. The predicted molar refractivity (Wildman–Crippen MR) is 149 cm³/mol. The monoisotopic (exact) mass is 497 g/mol. The van der Waals surface area contributed by atoms with E-state index in [2.05, 4.69) is 106 Å². The van der Waals surface area contributed by atoms with Gasteiger partial charge in [-0.25, -0.2) is 4.79 Å². The Labute approximate surface area is 221 Å². The zero-order valence-corrected chi connectivity index (χ0v) is 22.5. The van der Waals surface area contributed by atoms with E-state index >= 15 is 0 Å². The van der Waals surface area contributed by atoms with Gasteiger partial charge in [0.1, 0.15) is 5.60 Å². The molecule has 0 aromatic heterocycles. The first-order valence-electron chi connectivity index (χ1n) is 13.4. The van der Waals surface area contributed by atoms with Crippen LogP contribution in [0, 0.1) is 0 Å². The SMILES string of the molecule is CNCC12CCC(CN(C(c3ccccc3)(c3ccccc3)c3ccccc3)C1)N2C(=O)OC(C)(C)C. The highest BCUT2D eigenvalue weighted by Crippen LogP contribution is 2.49. The summed E-state index contributed by atoms with van der Waals surface area (Å²) in [6.45, 7) is 8.05. The van der Waals surface area contributed by atoms with Gasteiger partial charge in [-0.1, -0.05) is 91.0 Å². The molecule has 2 heterocycles. The Morgan fingerprint density at radius 1 is 0.892 bits per heavy atom. The van der Waals surface area contributed by atoms with Crippen LogP contribution in [0.15, 0.2) is 91.0 Å². The molecule has 0 aliphatic carbocycles. The second-order valence-electron chi connectivity index (χ2n) is 11.5. The van der Waals surface area contributed by atoms with Crippen LogP contribution >= 0.6 is 0 Å². The van der Waals surface area contributed by atoms with E-state index in [9.17, 15) is 4.79 Å². The maximum absolute atomic E-state index is 13.6. The minimum absolute atomic E-state index is 0.0764. The van der Waals surface area contributed by atoms with Gasteiger partial charge in [-0.2, -0.15) is 0 Å². The highest BCUT2D eigenvalue weighted by molar-refractivity contribution is 5.71. The van der Waals surface area contributed by atoms with E-state index in [0.29, 0.717) is 6.54 Å². The molecule has 5 heteroatoms. The number of rotatable bonds is 6. The zero-order chi connectivity index (χ0) is 26.1. The fourth-order valence-corrected chi connectivity index (χ4v) is 6.63. The van der Waals surface area contributed by atoms with Crippen molar-refractivity contribution in [2.24, 2.45) is 0 Å². The first-order chi connectivity index (χ1) is 17.8. The Bertz CT molecular complexity index is 1090. The summed E-state index contributed by atoms with van der Waals surface area (Å²) < 4.78 is 5.94. The van der Waals surface area contributed by atoms with Crippen LogP contribution in [0.3, 0.4) is 0 Å². The number of likely N-dealkylation sites (N-methyl/N-ethyl adjacent to an activating group) is 1. The summed E-state index contributed by atoms with van der Waals surface area (Å²) >= 11 is 0. The number of hydrogen-bond donors (Lipinski definition) is 1. The Balaban J connectivity index is 1.68. The van der Waals surface area contributed by atoms with E-state index in [-0.39, 0.29) is 17.7 Å². The molecule has 0 radical (unpaired) electrons. The standard InChI is InChI=1S/C32H39N3O2/c1-30(2,3)37-29(36)35-28-20-21-31(35,23-33-4)24-34(22-28)32(25-14-8-5-9-15-25,26-16-10-6-11-17-26)27-18-12-7-13-19-27/h5-19,28,33H,20-24H2,1-4H3. The summed E-state index contributed by atoms with van der Waals surface area (Å²) in [6, 6.07) is 32.6. The Hall–Kier alpha value is -3.15. The van der Waals surface area contributed by atoms with Crippen LogP contribution in [0.5, 0.6) is 0 Å². The lowest BCUT2D eigenvalue weighted by molar-refractivity contribution is -0.0480. The molecule has 2 unspecified atom stereocenters. The molecule has 1 N–H and O–H groups in total. The number of likely N-dealkylation sites (tertiary alicyclic amines) is 1. The molecular formula is C32H39N3O2. The van der Waals surface area contributed by atoms with Gasteiger partial charge in [-0.3, -0.25) is 9.80 Å². The third kappa shape index (κ3) is 4.55. The minimum Gasteiger partial charge on any atom is -0.444 e. The molecule has 2 atom stereocenters. The molecule has 37 heavy (non-hydrogen) atoms. The molecule has 1 amide bonds. The fourth-order valence-electron chi connectivity index (χ4n) is 6.63. The van der Waals surface area contributed by atoms with Gasteiger partial charge in [-0.15, -0.1) is 0 Å². The van der Waals surface area contributed by atoms with Crippen LogP contribution in [0.1, 0.15) is 50.3 Å². The van der Waals surface area contributed by atoms with Crippen molar-refractivity contribution in [1.82, 2.24) is 15.1 Å². The number of piperazine rings is 1. The molecule has 2 saturated heterocycles. The number of carbonyl (C=O) groups excluding carboxylic acids is 1. The quantitative estimate of drug-likeness (QED) is 0.447. The van der Waals surface area contributed by atoms with Gasteiger partial charge in [0.05, 0.1) is 11.1 Å². The van der Waals surface area contributed by atoms with Gasteiger partial charge in [0.2, 0.25) is 0 Å². The van der Waals surface area contributed by atoms with Crippen LogP contribution in [-0.4, -0.2) is 59.8 Å². The van der Waals surface area contributed by atoms with Crippen molar-refractivity contribution in [3.63, 3.8) is 0 Å². The summed E-state index contributed by atoms with van der Waals surface area (Å²) in [4.78, 5) is 18.3. The molecule has 2 bridgehead atoms. The van der Waals surface area contributed by atoms with Crippen LogP contribution in [0.25, 0.3) is 0 Å². The molecule has 194 valence electrons. The molecule has 0 spiro atoms. The van der Waals surface area contributed by atoms with E-state index in [4.69, 9.17) is 4.74 Å². The number of amides is 1.